The van der Waals surface area contributed by atoms with Crippen LogP contribution in [0.3, 0.4) is 0 Å². The highest BCUT2D eigenvalue weighted by Crippen LogP contribution is 2.24. The molecule has 0 saturated carbocycles. The number of amides is 1. The van der Waals surface area contributed by atoms with E-state index in [2.05, 4.69) is 41.3 Å². The Hall–Kier alpha value is -0.980. The molecule has 0 unspecified atom stereocenters. The zero-order valence-corrected chi connectivity index (χ0v) is 15.9. The fourth-order valence-corrected chi connectivity index (χ4v) is 3.66. The Bertz CT molecular complexity index is 513. The lowest BCUT2D eigenvalue weighted by molar-refractivity contribution is -0.123. The first-order chi connectivity index (χ1) is 10.7. The molecule has 0 spiro atoms. The molecular formula is C17H30N4OS. The van der Waals surface area contributed by atoms with Crippen molar-refractivity contribution in [1.29, 1.82) is 0 Å². The van der Waals surface area contributed by atoms with Gasteiger partial charge in [0, 0.05) is 43.0 Å². The van der Waals surface area contributed by atoms with E-state index in [1.165, 1.54) is 10.7 Å². The number of carbonyl (C=O) groups excluding carboxylic acids is 1. The Morgan fingerprint density at radius 2 is 1.87 bits per heavy atom. The molecule has 2 heterocycles. The van der Waals surface area contributed by atoms with Crippen LogP contribution in [0.25, 0.3) is 0 Å². The molecule has 23 heavy (non-hydrogen) atoms. The largest absolute Gasteiger partial charge is 0.353 e. The average molecular weight is 339 g/mol. The number of piperazine rings is 1. The van der Waals surface area contributed by atoms with Crippen LogP contribution in [-0.4, -0.2) is 59.5 Å². The Morgan fingerprint density at radius 3 is 2.39 bits per heavy atom. The summed E-state index contributed by atoms with van der Waals surface area (Å²) < 4.78 is 0. The van der Waals surface area contributed by atoms with Crippen LogP contribution in [0.5, 0.6) is 0 Å². The number of nitrogens with one attached hydrogen (secondary N) is 1. The van der Waals surface area contributed by atoms with Gasteiger partial charge in [0.15, 0.2) is 0 Å². The van der Waals surface area contributed by atoms with Crippen molar-refractivity contribution in [2.24, 2.45) is 0 Å². The summed E-state index contributed by atoms with van der Waals surface area (Å²) in [4.78, 5) is 21.3. The summed E-state index contributed by atoms with van der Waals surface area (Å²) in [6.45, 7) is 15.9. The van der Waals surface area contributed by atoms with Gasteiger partial charge in [-0.3, -0.25) is 14.6 Å². The number of hydrogen-bond donors (Lipinski definition) is 1. The molecule has 2 rings (SSSR count). The lowest BCUT2D eigenvalue weighted by Crippen LogP contribution is -2.49. The van der Waals surface area contributed by atoms with Crippen molar-refractivity contribution >= 4 is 17.2 Å². The summed E-state index contributed by atoms with van der Waals surface area (Å²) in [6, 6.07) is 0.214. The average Bonchev–Trinajstić information content (AvgIpc) is 2.88. The number of carbonyl (C=O) groups is 1. The molecule has 0 aromatic carbocycles. The molecule has 1 aliphatic heterocycles. The van der Waals surface area contributed by atoms with Gasteiger partial charge in [-0.2, -0.15) is 0 Å². The van der Waals surface area contributed by atoms with E-state index in [4.69, 9.17) is 4.98 Å². The number of rotatable bonds is 5. The third-order valence-corrected chi connectivity index (χ3v) is 4.79. The van der Waals surface area contributed by atoms with Crippen molar-refractivity contribution in [3.63, 3.8) is 0 Å². The van der Waals surface area contributed by atoms with E-state index in [1.807, 2.05) is 13.8 Å². The molecule has 1 aliphatic rings. The lowest BCUT2D eigenvalue weighted by atomic mass is 9.93. The minimum atomic E-state index is 0.122. The second kappa shape index (κ2) is 7.73. The van der Waals surface area contributed by atoms with Gasteiger partial charge in [0.25, 0.3) is 0 Å². The van der Waals surface area contributed by atoms with E-state index < -0.39 is 0 Å². The van der Waals surface area contributed by atoms with Gasteiger partial charge < -0.3 is 5.32 Å². The third kappa shape index (κ3) is 5.86. The van der Waals surface area contributed by atoms with Gasteiger partial charge in [0.1, 0.15) is 5.01 Å². The van der Waals surface area contributed by atoms with E-state index in [0.717, 1.165) is 32.7 Å². The summed E-state index contributed by atoms with van der Waals surface area (Å²) in [6.07, 6.45) is 0. The summed E-state index contributed by atoms with van der Waals surface area (Å²) in [5, 5.41) is 6.33. The first kappa shape index (κ1) is 18.4. The molecule has 1 N–H and O–H groups in total. The van der Waals surface area contributed by atoms with Gasteiger partial charge in [-0.15, -0.1) is 11.3 Å². The number of thiazole rings is 1. The molecule has 0 aliphatic carbocycles. The zero-order chi connectivity index (χ0) is 17.0. The van der Waals surface area contributed by atoms with Gasteiger partial charge in [-0.1, -0.05) is 20.8 Å². The van der Waals surface area contributed by atoms with Crippen molar-refractivity contribution in [2.45, 2.75) is 52.6 Å². The molecule has 6 heteroatoms. The Labute approximate surface area is 144 Å². The summed E-state index contributed by atoms with van der Waals surface area (Å²) >= 11 is 1.76. The molecule has 5 nitrogen and oxygen atoms in total. The summed E-state index contributed by atoms with van der Waals surface area (Å²) in [5.41, 5.74) is 1.30. The Kier molecular flexibility index (Phi) is 6.17. The fourth-order valence-electron chi connectivity index (χ4n) is 2.60. The maximum absolute atomic E-state index is 11.8. The molecule has 1 aromatic heterocycles. The first-order valence-corrected chi connectivity index (χ1v) is 9.31. The SMILES string of the molecule is CC(C)NC(=O)CN1CCN(Cc2nc(C(C)(C)C)cs2)CC1. The van der Waals surface area contributed by atoms with Gasteiger partial charge in [0.05, 0.1) is 18.8 Å². The van der Waals surface area contributed by atoms with E-state index in [1.54, 1.807) is 11.3 Å². The van der Waals surface area contributed by atoms with E-state index in [9.17, 15) is 4.79 Å². The van der Waals surface area contributed by atoms with Gasteiger partial charge in [-0.25, -0.2) is 4.98 Å². The van der Waals surface area contributed by atoms with Gasteiger partial charge in [-0.05, 0) is 13.8 Å². The standard InChI is InChI=1S/C17H30N4OS/c1-13(2)18-15(22)10-20-6-8-21(9-7-20)11-16-19-14(12-23-16)17(3,4)5/h12-13H,6-11H2,1-5H3,(H,18,22). The van der Waals surface area contributed by atoms with Crippen LogP contribution in [-0.2, 0) is 16.8 Å². The minimum absolute atomic E-state index is 0.122. The van der Waals surface area contributed by atoms with Crippen LogP contribution >= 0.6 is 11.3 Å². The molecule has 1 aromatic rings. The number of nitrogens with zero attached hydrogens (tertiary/aromatic N) is 3. The highest BCUT2D eigenvalue weighted by molar-refractivity contribution is 7.09. The maximum atomic E-state index is 11.8. The molecule has 130 valence electrons. The van der Waals surface area contributed by atoms with Crippen LogP contribution in [0.15, 0.2) is 5.38 Å². The monoisotopic (exact) mass is 338 g/mol. The van der Waals surface area contributed by atoms with Crippen molar-refractivity contribution < 1.29 is 4.79 Å². The molecule has 1 fully saturated rings. The zero-order valence-electron chi connectivity index (χ0n) is 15.1. The number of hydrogen-bond acceptors (Lipinski definition) is 5. The summed E-state index contributed by atoms with van der Waals surface area (Å²) in [5.74, 6) is 0.128. The second-order valence-electron chi connectivity index (χ2n) is 7.65. The van der Waals surface area contributed by atoms with E-state index in [-0.39, 0.29) is 17.4 Å². The topological polar surface area (TPSA) is 48.5 Å². The Balaban J connectivity index is 1.76. The van der Waals surface area contributed by atoms with Crippen LogP contribution in [0, 0.1) is 0 Å². The molecule has 0 bridgehead atoms. The normalized spacial score (nSPS) is 17.7. The molecular weight excluding hydrogens is 308 g/mol. The van der Waals surface area contributed by atoms with Crippen molar-refractivity contribution in [3.8, 4) is 0 Å². The third-order valence-electron chi connectivity index (χ3n) is 3.96. The van der Waals surface area contributed by atoms with E-state index >= 15 is 0 Å². The second-order valence-corrected chi connectivity index (χ2v) is 8.59. The predicted molar refractivity (Wildman–Crippen MR) is 95.8 cm³/mol. The van der Waals surface area contributed by atoms with Gasteiger partial charge in [0.2, 0.25) is 5.91 Å². The van der Waals surface area contributed by atoms with Crippen LogP contribution in [0.2, 0.25) is 0 Å². The maximum Gasteiger partial charge on any atom is 0.234 e. The molecule has 0 atom stereocenters. The van der Waals surface area contributed by atoms with Crippen molar-refractivity contribution in [1.82, 2.24) is 20.1 Å². The quantitative estimate of drug-likeness (QED) is 0.893. The van der Waals surface area contributed by atoms with Crippen LogP contribution < -0.4 is 5.32 Å². The minimum Gasteiger partial charge on any atom is -0.353 e. The van der Waals surface area contributed by atoms with Crippen molar-refractivity contribution in [3.05, 3.63) is 16.1 Å². The predicted octanol–water partition coefficient (Wildman–Crippen LogP) is 2.08. The molecule has 0 radical (unpaired) electrons. The molecule has 1 saturated heterocycles. The van der Waals surface area contributed by atoms with Crippen molar-refractivity contribution in [2.75, 3.05) is 32.7 Å². The number of aromatic nitrogens is 1. The molecule has 1 amide bonds. The fraction of sp³-hybridized carbons (Fsp3) is 0.765. The highest BCUT2D eigenvalue weighted by atomic mass is 32.1. The summed E-state index contributed by atoms with van der Waals surface area (Å²) in [7, 11) is 0. The van der Waals surface area contributed by atoms with Crippen LogP contribution in [0.1, 0.15) is 45.3 Å². The first-order valence-electron chi connectivity index (χ1n) is 8.43. The lowest BCUT2D eigenvalue weighted by Gasteiger charge is -2.33. The van der Waals surface area contributed by atoms with Gasteiger partial charge >= 0.3 is 0 Å². The van der Waals surface area contributed by atoms with Crippen LogP contribution in [0.4, 0.5) is 0 Å². The van der Waals surface area contributed by atoms with E-state index in [0.29, 0.717) is 6.54 Å². The Morgan fingerprint density at radius 1 is 1.26 bits per heavy atom. The smallest absolute Gasteiger partial charge is 0.234 e. The highest BCUT2D eigenvalue weighted by Gasteiger charge is 2.21.